The number of carbonyl (C=O) groups excluding carboxylic acids is 1. The van der Waals surface area contributed by atoms with Crippen LogP contribution in [0.1, 0.15) is 36.4 Å². The standard InChI is InChI=1S/C19H24N2O4S2/c1-3-25-16-8-6-15(7-9-16)20-19(22)18-11-17(13-26-18)27(23,24)21-10-4-5-14(2)12-21/h6-9,11,13-14H,3-5,10,12H2,1-2H3,(H,20,22)/t14-/m0/s1. The predicted molar refractivity (Wildman–Crippen MR) is 107 cm³/mol. The molecule has 1 aromatic carbocycles. The van der Waals surface area contributed by atoms with Gasteiger partial charge in [0.05, 0.1) is 16.4 Å². The van der Waals surface area contributed by atoms with E-state index in [4.69, 9.17) is 4.74 Å². The van der Waals surface area contributed by atoms with Crippen LogP contribution < -0.4 is 10.1 Å². The minimum absolute atomic E-state index is 0.193. The lowest BCUT2D eigenvalue weighted by molar-refractivity contribution is 0.103. The van der Waals surface area contributed by atoms with Crippen molar-refractivity contribution in [2.75, 3.05) is 25.0 Å². The maximum atomic E-state index is 12.8. The average molecular weight is 409 g/mol. The zero-order chi connectivity index (χ0) is 19.4. The van der Waals surface area contributed by atoms with E-state index in [9.17, 15) is 13.2 Å². The number of amides is 1. The van der Waals surface area contributed by atoms with Crippen LogP contribution in [-0.2, 0) is 10.0 Å². The Morgan fingerprint density at radius 3 is 2.74 bits per heavy atom. The highest BCUT2D eigenvalue weighted by molar-refractivity contribution is 7.89. The van der Waals surface area contributed by atoms with Crippen molar-refractivity contribution in [1.29, 1.82) is 0 Å². The first-order valence-electron chi connectivity index (χ1n) is 9.03. The second-order valence-electron chi connectivity index (χ2n) is 6.67. The number of nitrogens with one attached hydrogen (secondary N) is 1. The van der Waals surface area contributed by atoms with Gasteiger partial charge in [0.15, 0.2) is 0 Å². The minimum Gasteiger partial charge on any atom is -0.494 e. The number of hydrogen-bond donors (Lipinski definition) is 1. The fourth-order valence-corrected chi connectivity index (χ4v) is 5.84. The van der Waals surface area contributed by atoms with E-state index >= 15 is 0 Å². The molecule has 0 radical (unpaired) electrons. The molecule has 27 heavy (non-hydrogen) atoms. The molecule has 6 nitrogen and oxygen atoms in total. The highest BCUT2D eigenvalue weighted by Crippen LogP contribution is 2.27. The van der Waals surface area contributed by atoms with E-state index in [0.29, 0.717) is 36.2 Å². The van der Waals surface area contributed by atoms with E-state index in [-0.39, 0.29) is 10.8 Å². The number of piperidine rings is 1. The van der Waals surface area contributed by atoms with Crippen LogP contribution in [0.2, 0.25) is 0 Å². The molecule has 1 aromatic heterocycles. The summed E-state index contributed by atoms with van der Waals surface area (Å²) in [5, 5.41) is 4.33. The van der Waals surface area contributed by atoms with Crippen molar-refractivity contribution in [2.45, 2.75) is 31.6 Å². The number of rotatable bonds is 6. The maximum absolute atomic E-state index is 12.8. The molecular formula is C19H24N2O4S2. The number of carbonyl (C=O) groups is 1. The summed E-state index contributed by atoms with van der Waals surface area (Å²) in [5.74, 6) is 0.767. The monoisotopic (exact) mass is 408 g/mol. The van der Waals surface area contributed by atoms with Crippen molar-refractivity contribution in [3.63, 3.8) is 0 Å². The largest absolute Gasteiger partial charge is 0.494 e. The molecule has 146 valence electrons. The van der Waals surface area contributed by atoms with Crippen molar-refractivity contribution in [3.05, 3.63) is 40.6 Å². The smallest absolute Gasteiger partial charge is 0.265 e. The van der Waals surface area contributed by atoms with Gasteiger partial charge in [0.2, 0.25) is 10.0 Å². The van der Waals surface area contributed by atoms with Gasteiger partial charge >= 0.3 is 0 Å². The van der Waals surface area contributed by atoms with Gasteiger partial charge in [-0.1, -0.05) is 6.92 Å². The summed E-state index contributed by atoms with van der Waals surface area (Å²) in [5.41, 5.74) is 0.631. The van der Waals surface area contributed by atoms with Gasteiger partial charge in [-0.25, -0.2) is 8.42 Å². The summed E-state index contributed by atoms with van der Waals surface area (Å²) >= 11 is 1.14. The lowest BCUT2D eigenvalue weighted by Crippen LogP contribution is -2.38. The van der Waals surface area contributed by atoms with Gasteiger partial charge in [-0.15, -0.1) is 11.3 Å². The van der Waals surface area contributed by atoms with Crippen LogP contribution in [0, 0.1) is 5.92 Å². The fraction of sp³-hybridized carbons (Fsp3) is 0.421. The fourth-order valence-electron chi connectivity index (χ4n) is 3.08. The molecule has 2 heterocycles. The molecule has 1 amide bonds. The van der Waals surface area contributed by atoms with Crippen molar-refractivity contribution in [3.8, 4) is 5.75 Å². The molecule has 1 N–H and O–H groups in total. The van der Waals surface area contributed by atoms with Crippen LogP contribution >= 0.6 is 11.3 Å². The highest BCUT2D eigenvalue weighted by Gasteiger charge is 2.30. The first kappa shape index (κ1) is 19.9. The zero-order valence-electron chi connectivity index (χ0n) is 15.5. The minimum atomic E-state index is -3.55. The molecule has 1 fully saturated rings. The van der Waals surface area contributed by atoms with Gasteiger partial charge in [0, 0.05) is 24.2 Å². The SMILES string of the molecule is CCOc1ccc(NC(=O)c2cc(S(=O)(=O)N3CCC[C@H](C)C3)cs2)cc1. The van der Waals surface area contributed by atoms with Crippen LogP contribution in [0.5, 0.6) is 5.75 Å². The van der Waals surface area contributed by atoms with Crippen molar-refractivity contribution in [2.24, 2.45) is 5.92 Å². The highest BCUT2D eigenvalue weighted by atomic mass is 32.2. The molecule has 1 atom stereocenters. The first-order valence-corrected chi connectivity index (χ1v) is 11.3. The number of hydrogen-bond acceptors (Lipinski definition) is 5. The van der Waals surface area contributed by atoms with Gasteiger partial charge in [0.25, 0.3) is 5.91 Å². The topological polar surface area (TPSA) is 75.7 Å². The molecule has 0 saturated carbocycles. The van der Waals surface area contributed by atoms with Crippen LogP contribution in [0.3, 0.4) is 0 Å². The van der Waals surface area contributed by atoms with Crippen LogP contribution in [0.4, 0.5) is 5.69 Å². The third kappa shape index (κ3) is 4.69. The number of thiophene rings is 1. The molecule has 1 saturated heterocycles. The zero-order valence-corrected chi connectivity index (χ0v) is 17.1. The Bertz CT molecular complexity index is 891. The second-order valence-corrected chi connectivity index (χ2v) is 9.52. The first-order chi connectivity index (χ1) is 12.9. The van der Waals surface area contributed by atoms with Crippen molar-refractivity contribution >= 4 is 33.0 Å². The Morgan fingerprint density at radius 1 is 1.33 bits per heavy atom. The number of nitrogens with zero attached hydrogens (tertiary/aromatic N) is 1. The van der Waals surface area contributed by atoms with Gasteiger partial charge in [-0.2, -0.15) is 4.31 Å². The quantitative estimate of drug-likeness (QED) is 0.788. The molecule has 1 aliphatic heterocycles. The van der Waals surface area contributed by atoms with Gasteiger partial charge in [0.1, 0.15) is 5.75 Å². The normalized spacial score (nSPS) is 18.2. The average Bonchev–Trinajstić information content (AvgIpc) is 3.15. The summed E-state index contributed by atoms with van der Waals surface area (Å²) in [6.07, 6.45) is 1.92. The molecule has 0 unspecified atom stereocenters. The molecule has 0 aliphatic carbocycles. The number of anilines is 1. The lowest BCUT2D eigenvalue weighted by Gasteiger charge is -2.29. The molecule has 3 rings (SSSR count). The summed E-state index contributed by atoms with van der Waals surface area (Å²) in [4.78, 5) is 13.0. The van der Waals surface area contributed by atoms with Crippen molar-refractivity contribution in [1.82, 2.24) is 4.31 Å². The van der Waals surface area contributed by atoms with E-state index in [1.54, 1.807) is 29.6 Å². The summed E-state index contributed by atoms with van der Waals surface area (Å²) < 4.78 is 32.5. The number of ether oxygens (including phenoxy) is 1. The molecule has 1 aliphatic rings. The maximum Gasteiger partial charge on any atom is 0.265 e. The van der Waals surface area contributed by atoms with Crippen LogP contribution in [0.25, 0.3) is 0 Å². The summed E-state index contributed by atoms with van der Waals surface area (Å²) in [6.45, 7) is 5.61. The van der Waals surface area contributed by atoms with E-state index < -0.39 is 10.0 Å². The number of benzene rings is 1. The van der Waals surface area contributed by atoms with E-state index in [0.717, 1.165) is 29.9 Å². The Morgan fingerprint density at radius 2 is 2.07 bits per heavy atom. The van der Waals surface area contributed by atoms with Crippen molar-refractivity contribution < 1.29 is 17.9 Å². The van der Waals surface area contributed by atoms with E-state index in [2.05, 4.69) is 12.2 Å². The molecular weight excluding hydrogens is 384 g/mol. The molecule has 0 bridgehead atoms. The Hall–Kier alpha value is -1.90. The van der Waals surface area contributed by atoms with Gasteiger partial charge < -0.3 is 10.1 Å². The molecule has 8 heteroatoms. The van der Waals surface area contributed by atoms with Gasteiger partial charge in [-0.05, 0) is 56.0 Å². The third-order valence-electron chi connectivity index (χ3n) is 4.48. The summed E-state index contributed by atoms with van der Waals surface area (Å²) in [6, 6.07) is 8.53. The molecule has 0 spiro atoms. The van der Waals surface area contributed by atoms with Crippen LogP contribution in [0.15, 0.2) is 40.6 Å². The second kappa shape index (κ2) is 8.41. The van der Waals surface area contributed by atoms with Crippen LogP contribution in [-0.4, -0.2) is 38.3 Å². The Kier molecular flexibility index (Phi) is 6.18. The Labute approximate surface area is 164 Å². The van der Waals surface area contributed by atoms with Gasteiger partial charge in [-0.3, -0.25) is 4.79 Å². The number of sulfonamides is 1. The lowest BCUT2D eigenvalue weighted by atomic mass is 10.0. The van der Waals surface area contributed by atoms with E-state index in [1.165, 1.54) is 10.4 Å². The predicted octanol–water partition coefficient (Wildman–Crippen LogP) is 3.82. The van der Waals surface area contributed by atoms with E-state index in [1.807, 2.05) is 6.92 Å². The Balaban J connectivity index is 1.70. The molecule has 2 aromatic rings. The summed E-state index contributed by atoms with van der Waals surface area (Å²) in [7, 11) is -3.55. The third-order valence-corrected chi connectivity index (χ3v) is 7.40.